The van der Waals surface area contributed by atoms with Gasteiger partial charge in [-0.1, -0.05) is 30.0 Å². The van der Waals surface area contributed by atoms with Crippen LogP contribution in [-0.4, -0.2) is 16.7 Å². The number of fused-ring (bicyclic) bond motifs is 5. The second-order valence-electron chi connectivity index (χ2n) is 4.50. The van der Waals surface area contributed by atoms with Crippen LogP contribution in [0.5, 0.6) is 5.75 Å². The predicted octanol–water partition coefficient (Wildman–Crippen LogP) is 3.64. The minimum atomic E-state index is 0.864. The molecule has 0 amide bonds. The Balaban J connectivity index is 2.07. The van der Waals surface area contributed by atoms with Gasteiger partial charge in [-0.15, -0.1) is 0 Å². The van der Waals surface area contributed by atoms with Crippen molar-refractivity contribution in [1.82, 2.24) is 9.55 Å². The standard InChI is InChI=1S/C15H12N2OS/c1-18-11-6-7-12-14(8-11)17-13-5-3-2-4-10(13)9-19-15(17)16-12/h2-8H,9H2,1H3. The number of para-hydroxylation sites is 1. The first kappa shape index (κ1) is 10.9. The zero-order valence-electron chi connectivity index (χ0n) is 10.5. The van der Waals surface area contributed by atoms with E-state index in [1.54, 1.807) is 18.9 Å². The molecule has 0 fully saturated rings. The van der Waals surface area contributed by atoms with E-state index in [1.807, 2.05) is 12.1 Å². The number of imidazole rings is 1. The molecule has 2 aromatic carbocycles. The fourth-order valence-electron chi connectivity index (χ4n) is 2.48. The lowest BCUT2D eigenvalue weighted by Gasteiger charge is -2.18. The zero-order valence-corrected chi connectivity index (χ0v) is 11.3. The van der Waals surface area contributed by atoms with E-state index < -0.39 is 0 Å². The van der Waals surface area contributed by atoms with E-state index in [0.717, 1.165) is 27.7 Å². The van der Waals surface area contributed by atoms with Gasteiger partial charge in [-0.05, 0) is 23.8 Å². The zero-order chi connectivity index (χ0) is 12.8. The topological polar surface area (TPSA) is 27.1 Å². The van der Waals surface area contributed by atoms with Crippen molar-refractivity contribution >= 4 is 22.8 Å². The number of methoxy groups -OCH3 is 1. The number of hydrogen-bond donors (Lipinski definition) is 0. The van der Waals surface area contributed by atoms with E-state index in [1.165, 1.54) is 11.3 Å². The maximum Gasteiger partial charge on any atom is 0.174 e. The van der Waals surface area contributed by atoms with E-state index >= 15 is 0 Å². The summed E-state index contributed by atoms with van der Waals surface area (Å²) in [6.45, 7) is 0. The molecule has 0 bridgehead atoms. The minimum Gasteiger partial charge on any atom is -0.497 e. The van der Waals surface area contributed by atoms with E-state index in [4.69, 9.17) is 9.72 Å². The molecule has 0 saturated heterocycles. The van der Waals surface area contributed by atoms with Gasteiger partial charge in [0, 0.05) is 11.8 Å². The van der Waals surface area contributed by atoms with Crippen LogP contribution < -0.4 is 4.74 Å². The number of rotatable bonds is 1. The molecule has 0 unspecified atom stereocenters. The number of hydrogen-bond acceptors (Lipinski definition) is 3. The van der Waals surface area contributed by atoms with Crippen molar-refractivity contribution in [2.45, 2.75) is 10.9 Å². The molecule has 0 aliphatic carbocycles. The van der Waals surface area contributed by atoms with E-state index in [2.05, 4.69) is 34.9 Å². The summed E-state index contributed by atoms with van der Waals surface area (Å²) in [5.74, 6) is 1.85. The Bertz CT molecular complexity index is 779. The second-order valence-corrected chi connectivity index (χ2v) is 5.44. The summed E-state index contributed by atoms with van der Waals surface area (Å²) in [5.41, 5.74) is 4.70. The van der Waals surface area contributed by atoms with Crippen molar-refractivity contribution in [3.8, 4) is 11.4 Å². The lowest BCUT2D eigenvalue weighted by Crippen LogP contribution is -2.05. The number of ether oxygens (including phenoxy) is 1. The van der Waals surface area contributed by atoms with Crippen molar-refractivity contribution < 1.29 is 4.74 Å². The normalized spacial score (nSPS) is 13.1. The van der Waals surface area contributed by atoms with Crippen LogP contribution in [0.2, 0.25) is 0 Å². The maximum atomic E-state index is 5.32. The first-order chi connectivity index (χ1) is 9.36. The highest BCUT2D eigenvalue weighted by Crippen LogP contribution is 2.37. The molecule has 4 rings (SSSR count). The van der Waals surface area contributed by atoms with Gasteiger partial charge in [0.05, 0.1) is 23.8 Å². The van der Waals surface area contributed by atoms with Crippen LogP contribution >= 0.6 is 11.8 Å². The third kappa shape index (κ3) is 1.56. The first-order valence-electron chi connectivity index (χ1n) is 6.14. The van der Waals surface area contributed by atoms with Crippen molar-refractivity contribution in [3.63, 3.8) is 0 Å². The van der Waals surface area contributed by atoms with Gasteiger partial charge < -0.3 is 4.74 Å². The van der Waals surface area contributed by atoms with Crippen LogP contribution in [0.25, 0.3) is 16.7 Å². The van der Waals surface area contributed by atoms with E-state index in [-0.39, 0.29) is 0 Å². The summed E-state index contributed by atoms with van der Waals surface area (Å²) in [6.07, 6.45) is 0. The Morgan fingerprint density at radius 3 is 3.00 bits per heavy atom. The molecule has 19 heavy (non-hydrogen) atoms. The first-order valence-corrected chi connectivity index (χ1v) is 7.13. The van der Waals surface area contributed by atoms with Gasteiger partial charge in [-0.2, -0.15) is 0 Å². The fraction of sp³-hybridized carbons (Fsp3) is 0.133. The summed E-state index contributed by atoms with van der Waals surface area (Å²) < 4.78 is 7.55. The Hall–Kier alpha value is -1.94. The van der Waals surface area contributed by atoms with Crippen molar-refractivity contribution in [2.24, 2.45) is 0 Å². The van der Waals surface area contributed by atoms with Crippen LogP contribution in [0.15, 0.2) is 47.6 Å². The lowest BCUT2D eigenvalue weighted by atomic mass is 10.2. The molecule has 0 atom stereocenters. The third-order valence-corrected chi connectivity index (χ3v) is 4.41. The Morgan fingerprint density at radius 2 is 2.11 bits per heavy atom. The van der Waals surface area contributed by atoms with Gasteiger partial charge in [0.25, 0.3) is 0 Å². The summed E-state index contributed by atoms with van der Waals surface area (Å²) in [5, 5.41) is 1.06. The van der Waals surface area contributed by atoms with E-state index in [0.29, 0.717) is 0 Å². The highest BCUT2D eigenvalue weighted by Gasteiger charge is 2.20. The summed E-state index contributed by atoms with van der Waals surface area (Å²) >= 11 is 1.78. The Labute approximate surface area is 115 Å². The lowest BCUT2D eigenvalue weighted by molar-refractivity contribution is 0.415. The van der Waals surface area contributed by atoms with Crippen molar-refractivity contribution in [2.75, 3.05) is 7.11 Å². The SMILES string of the molecule is COc1ccc2nc3n(c2c1)-c1ccccc1CS3. The molecule has 3 nitrogen and oxygen atoms in total. The predicted molar refractivity (Wildman–Crippen MR) is 77.2 cm³/mol. The fourth-order valence-corrected chi connectivity index (χ4v) is 3.50. The van der Waals surface area contributed by atoms with Crippen molar-refractivity contribution in [1.29, 1.82) is 0 Å². The van der Waals surface area contributed by atoms with Gasteiger partial charge in [-0.25, -0.2) is 4.98 Å². The van der Waals surface area contributed by atoms with E-state index in [9.17, 15) is 0 Å². The van der Waals surface area contributed by atoms with Crippen LogP contribution in [-0.2, 0) is 5.75 Å². The highest BCUT2D eigenvalue weighted by atomic mass is 32.2. The molecule has 1 aliphatic rings. The molecule has 0 saturated carbocycles. The number of aromatic nitrogens is 2. The monoisotopic (exact) mass is 268 g/mol. The van der Waals surface area contributed by atoms with Gasteiger partial charge in [-0.3, -0.25) is 4.57 Å². The molecule has 3 aromatic rings. The molecule has 1 aliphatic heterocycles. The molecule has 2 heterocycles. The molecule has 4 heteroatoms. The van der Waals surface area contributed by atoms with Crippen molar-refractivity contribution in [3.05, 3.63) is 48.0 Å². The summed E-state index contributed by atoms with van der Waals surface area (Å²) in [7, 11) is 1.69. The average Bonchev–Trinajstić information content (AvgIpc) is 2.85. The molecule has 0 radical (unpaired) electrons. The number of benzene rings is 2. The van der Waals surface area contributed by atoms with Crippen LogP contribution in [0.1, 0.15) is 5.56 Å². The Morgan fingerprint density at radius 1 is 1.21 bits per heavy atom. The Kier molecular flexibility index (Phi) is 2.32. The number of thioether (sulfide) groups is 1. The molecule has 0 spiro atoms. The molecular formula is C15H12N2OS. The van der Waals surface area contributed by atoms with Gasteiger partial charge in [0.15, 0.2) is 5.16 Å². The second kappa shape index (κ2) is 4.03. The third-order valence-electron chi connectivity index (χ3n) is 3.42. The van der Waals surface area contributed by atoms with Crippen LogP contribution in [0.3, 0.4) is 0 Å². The highest BCUT2D eigenvalue weighted by molar-refractivity contribution is 7.98. The van der Waals surface area contributed by atoms with Gasteiger partial charge in [0.1, 0.15) is 5.75 Å². The van der Waals surface area contributed by atoms with Gasteiger partial charge in [0.2, 0.25) is 0 Å². The minimum absolute atomic E-state index is 0.864. The summed E-state index contributed by atoms with van der Waals surface area (Å²) in [4.78, 5) is 4.70. The van der Waals surface area contributed by atoms with Crippen LogP contribution in [0, 0.1) is 0 Å². The molecule has 1 aromatic heterocycles. The van der Waals surface area contributed by atoms with Gasteiger partial charge >= 0.3 is 0 Å². The largest absolute Gasteiger partial charge is 0.497 e. The van der Waals surface area contributed by atoms with Crippen LogP contribution in [0.4, 0.5) is 0 Å². The molecule has 0 N–H and O–H groups in total. The summed E-state index contributed by atoms with van der Waals surface area (Å²) in [6, 6.07) is 14.5. The average molecular weight is 268 g/mol. The maximum absolute atomic E-state index is 5.32. The molecule has 94 valence electrons. The molecular weight excluding hydrogens is 256 g/mol. The quantitative estimate of drug-likeness (QED) is 0.674. The number of nitrogens with zero attached hydrogens (tertiary/aromatic N) is 2. The smallest absolute Gasteiger partial charge is 0.174 e.